The molecular formula is C17H17N3. The van der Waals surface area contributed by atoms with Crippen molar-refractivity contribution in [1.82, 2.24) is 14.6 Å². The van der Waals surface area contributed by atoms with Crippen LogP contribution in [0.2, 0.25) is 0 Å². The highest BCUT2D eigenvalue weighted by Crippen LogP contribution is 2.31. The van der Waals surface area contributed by atoms with Gasteiger partial charge in [0.25, 0.3) is 0 Å². The number of rotatable bonds is 2. The lowest BCUT2D eigenvalue weighted by Gasteiger charge is -2.03. The number of aryl methyl sites for hydroxylation is 3. The third-order valence-electron chi connectivity index (χ3n) is 4.16. The molecule has 4 rings (SSSR count). The first kappa shape index (κ1) is 11.6. The summed E-state index contributed by atoms with van der Waals surface area (Å²) in [6.07, 6.45) is 6.46. The monoisotopic (exact) mass is 263 g/mol. The highest BCUT2D eigenvalue weighted by molar-refractivity contribution is 5.80. The third kappa shape index (κ3) is 1.59. The number of fused-ring (bicyclic) bond motifs is 3. The minimum absolute atomic E-state index is 0.933. The van der Waals surface area contributed by atoms with Crippen LogP contribution in [0.15, 0.2) is 36.5 Å². The van der Waals surface area contributed by atoms with E-state index in [4.69, 9.17) is 10.1 Å². The van der Waals surface area contributed by atoms with Gasteiger partial charge in [-0.2, -0.15) is 5.10 Å². The molecule has 3 heteroatoms. The quantitative estimate of drug-likeness (QED) is 0.709. The second kappa shape index (κ2) is 4.44. The minimum atomic E-state index is 0.933. The van der Waals surface area contributed by atoms with Crippen LogP contribution in [0.5, 0.6) is 0 Å². The Morgan fingerprint density at radius 3 is 2.80 bits per heavy atom. The second-order valence-electron chi connectivity index (χ2n) is 5.36. The maximum absolute atomic E-state index is 4.83. The molecule has 2 heterocycles. The molecule has 1 aromatic carbocycles. The van der Waals surface area contributed by atoms with E-state index in [1.54, 1.807) is 0 Å². The fourth-order valence-corrected chi connectivity index (χ4v) is 3.18. The predicted octanol–water partition coefficient (Wildman–Crippen LogP) is 3.45. The van der Waals surface area contributed by atoms with E-state index in [2.05, 4.69) is 35.7 Å². The van der Waals surface area contributed by atoms with Crippen LogP contribution < -0.4 is 0 Å². The van der Waals surface area contributed by atoms with Crippen molar-refractivity contribution in [3.63, 3.8) is 0 Å². The molecule has 3 aromatic rings. The second-order valence-corrected chi connectivity index (χ2v) is 5.36. The van der Waals surface area contributed by atoms with Crippen molar-refractivity contribution in [3.05, 3.63) is 53.5 Å². The van der Waals surface area contributed by atoms with Gasteiger partial charge in [0, 0.05) is 17.5 Å². The first-order chi connectivity index (χ1) is 9.88. The van der Waals surface area contributed by atoms with Crippen LogP contribution in [0, 0.1) is 0 Å². The van der Waals surface area contributed by atoms with Gasteiger partial charge in [0.05, 0.1) is 5.69 Å². The molecule has 0 N–H and O–H groups in total. The summed E-state index contributed by atoms with van der Waals surface area (Å²) in [5.41, 5.74) is 7.28. The van der Waals surface area contributed by atoms with E-state index in [9.17, 15) is 0 Å². The van der Waals surface area contributed by atoms with E-state index >= 15 is 0 Å². The fraction of sp³-hybridized carbons (Fsp3) is 0.294. The maximum Gasteiger partial charge on any atom is 0.163 e. The SMILES string of the molecule is CCc1nn2c3c(cnc2c1-c1ccccc1)CCC3. The Balaban J connectivity index is 2.05. The number of aromatic nitrogens is 3. The van der Waals surface area contributed by atoms with Crippen molar-refractivity contribution in [3.8, 4) is 11.1 Å². The molecule has 1 aliphatic rings. The highest BCUT2D eigenvalue weighted by Gasteiger charge is 2.20. The number of hydrogen-bond acceptors (Lipinski definition) is 2. The zero-order valence-corrected chi connectivity index (χ0v) is 11.6. The van der Waals surface area contributed by atoms with Gasteiger partial charge in [-0.15, -0.1) is 0 Å². The first-order valence-corrected chi connectivity index (χ1v) is 7.32. The minimum Gasteiger partial charge on any atom is -0.236 e. The summed E-state index contributed by atoms with van der Waals surface area (Å²) in [5.74, 6) is 0. The van der Waals surface area contributed by atoms with Crippen LogP contribution in [0.3, 0.4) is 0 Å². The van der Waals surface area contributed by atoms with Crippen LogP contribution >= 0.6 is 0 Å². The lowest BCUT2D eigenvalue weighted by molar-refractivity contribution is 0.816. The number of benzene rings is 1. The van der Waals surface area contributed by atoms with Crippen molar-refractivity contribution < 1.29 is 0 Å². The summed E-state index contributed by atoms with van der Waals surface area (Å²) in [6, 6.07) is 10.5. The molecule has 0 radical (unpaired) electrons. The van der Waals surface area contributed by atoms with Crippen LogP contribution in [-0.2, 0) is 19.3 Å². The molecule has 0 saturated carbocycles. The molecule has 100 valence electrons. The summed E-state index contributed by atoms with van der Waals surface area (Å²) in [6.45, 7) is 2.16. The molecule has 3 nitrogen and oxygen atoms in total. The third-order valence-corrected chi connectivity index (χ3v) is 4.16. The summed E-state index contributed by atoms with van der Waals surface area (Å²) in [5, 5.41) is 4.83. The Bertz CT molecular complexity index is 772. The van der Waals surface area contributed by atoms with Gasteiger partial charge >= 0.3 is 0 Å². The van der Waals surface area contributed by atoms with E-state index in [1.165, 1.54) is 28.8 Å². The van der Waals surface area contributed by atoms with E-state index in [0.717, 1.165) is 30.6 Å². The van der Waals surface area contributed by atoms with Gasteiger partial charge in [0.1, 0.15) is 0 Å². The number of nitrogens with zero attached hydrogens (tertiary/aromatic N) is 3. The first-order valence-electron chi connectivity index (χ1n) is 7.32. The highest BCUT2D eigenvalue weighted by atomic mass is 15.3. The zero-order valence-electron chi connectivity index (χ0n) is 11.6. The summed E-state index contributed by atoms with van der Waals surface area (Å²) in [7, 11) is 0. The lowest BCUT2D eigenvalue weighted by Crippen LogP contribution is -1.99. The molecule has 0 unspecified atom stereocenters. The van der Waals surface area contributed by atoms with Crippen LogP contribution in [0.25, 0.3) is 16.8 Å². The van der Waals surface area contributed by atoms with Crippen molar-refractivity contribution >= 4 is 5.65 Å². The van der Waals surface area contributed by atoms with Crippen molar-refractivity contribution in [2.24, 2.45) is 0 Å². The van der Waals surface area contributed by atoms with Crippen molar-refractivity contribution in [2.75, 3.05) is 0 Å². The van der Waals surface area contributed by atoms with E-state index in [0.29, 0.717) is 0 Å². The fourth-order valence-electron chi connectivity index (χ4n) is 3.18. The van der Waals surface area contributed by atoms with E-state index < -0.39 is 0 Å². The van der Waals surface area contributed by atoms with Gasteiger partial charge in [-0.3, -0.25) is 0 Å². The summed E-state index contributed by atoms with van der Waals surface area (Å²) >= 11 is 0. The Morgan fingerprint density at radius 2 is 2.00 bits per heavy atom. The normalized spacial score (nSPS) is 13.8. The Hall–Kier alpha value is -2.16. The maximum atomic E-state index is 4.83. The molecule has 20 heavy (non-hydrogen) atoms. The van der Waals surface area contributed by atoms with E-state index in [-0.39, 0.29) is 0 Å². The molecule has 1 aliphatic carbocycles. The van der Waals surface area contributed by atoms with Gasteiger partial charge in [-0.25, -0.2) is 9.50 Å². The Morgan fingerprint density at radius 1 is 1.15 bits per heavy atom. The Labute approximate surface area is 118 Å². The van der Waals surface area contributed by atoms with Gasteiger partial charge in [0.15, 0.2) is 5.65 Å². The van der Waals surface area contributed by atoms with Gasteiger partial charge in [-0.1, -0.05) is 37.3 Å². The van der Waals surface area contributed by atoms with Gasteiger partial charge in [0.2, 0.25) is 0 Å². The molecule has 0 saturated heterocycles. The number of hydrogen-bond donors (Lipinski definition) is 0. The van der Waals surface area contributed by atoms with Crippen LogP contribution in [0.1, 0.15) is 30.3 Å². The molecule has 0 fully saturated rings. The average Bonchev–Trinajstić information content (AvgIpc) is 3.11. The Kier molecular flexibility index (Phi) is 2.59. The summed E-state index contributed by atoms with van der Waals surface area (Å²) < 4.78 is 2.09. The lowest BCUT2D eigenvalue weighted by atomic mass is 10.0. The summed E-state index contributed by atoms with van der Waals surface area (Å²) in [4.78, 5) is 4.70. The van der Waals surface area contributed by atoms with Crippen LogP contribution in [-0.4, -0.2) is 14.6 Å². The zero-order chi connectivity index (χ0) is 13.5. The van der Waals surface area contributed by atoms with E-state index in [1.807, 2.05) is 12.3 Å². The standard InChI is InChI=1S/C17H17N3/c1-2-14-16(12-7-4-3-5-8-12)17-18-11-13-9-6-10-15(13)20(17)19-14/h3-5,7-8,11H,2,6,9-10H2,1H3. The largest absolute Gasteiger partial charge is 0.236 e. The molecule has 0 atom stereocenters. The topological polar surface area (TPSA) is 30.2 Å². The molecule has 0 aliphatic heterocycles. The van der Waals surface area contributed by atoms with Crippen molar-refractivity contribution in [1.29, 1.82) is 0 Å². The average molecular weight is 263 g/mol. The predicted molar refractivity (Wildman–Crippen MR) is 79.8 cm³/mol. The molecular weight excluding hydrogens is 246 g/mol. The molecule has 0 amide bonds. The van der Waals surface area contributed by atoms with Gasteiger partial charge in [-0.05, 0) is 36.8 Å². The smallest absolute Gasteiger partial charge is 0.163 e. The molecule has 2 aromatic heterocycles. The molecule has 0 spiro atoms. The van der Waals surface area contributed by atoms with Crippen molar-refractivity contribution in [2.45, 2.75) is 32.6 Å². The molecule has 0 bridgehead atoms. The van der Waals surface area contributed by atoms with Crippen LogP contribution in [0.4, 0.5) is 0 Å². The van der Waals surface area contributed by atoms with Gasteiger partial charge < -0.3 is 0 Å².